The molecule has 2 aromatic rings. The number of benzene rings is 1. The molecule has 0 aliphatic carbocycles. The lowest BCUT2D eigenvalue weighted by atomic mass is 10.2. The van der Waals surface area contributed by atoms with E-state index < -0.39 is 26.8 Å². The van der Waals surface area contributed by atoms with E-state index in [1.807, 2.05) is 20.8 Å². The van der Waals surface area contributed by atoms with Crippen molar-refractivity contribution in [1.82, 2.24) is 20.8 Å². The molecule has 0 saturated carbocycles. The summed E-state index contributed by atoms with van der Waals surface area (Å²) >= 11 is 0. The predicted octanol–water partition coefficient (Wildman–Crippen LogP) is 2.33. The van der Waals surface area contributed by atoms with E-state index in [1.165, 1.54) is 0 Å². The number of ether oxygens (including phenoxy) is 4. The van der Waals surface area contributed by atoms with Crippen molar-refractivity contribution in [2.75, 3.05) is 64.3 Å². The van der Waals surface area contributed by atoms with Gasteiger partial charge in [-0.2, -0.15) is 0 Å². The van der Waals surface area contributed by atoms with Gasteiger partial charge in [-0.1, -0.05) is 5.10 Å². The van der Waals surface area contributed by atoms with Crippen LogP contribution < -0.4 is 16.0 Å². The van der Waals surface area contributed by atoms with Gasteiger partial charge >= 0.3 is 11.3 Å². The summed E-state index contributed by atoms with van der Waals surface area (Å²) in [4.78, 5) is 35.7. The molecule has 0 fully saturated rings. The van der Waals surface area contributed by atoms with Crippen LogP contribution in [-0.2, 0) is 38.4 Å². The fraction of sp³-hybridized carbons (Fsp3) is 0.607. The Bertz CT molecular complexity index is 1280. The van der Waals surface area contributed by atoms with Crippen LogP contribution >= 0.6 is 0 Å². The van der Waals surface area contributed by atoms with Crippen LogP contribution in [0, 0.1) is 0 Å². The highest BCUT2D eigenvalue weighted by Gasteiger charge is 2.18. The number of carbonyl (C=O) groups is 3. The van der Waals surface area contributed by atoms with E-state index in [0.717, 1.165) is 6.26 Å². The molecule has 0 saturated heterocycles. The summed E-state index contributed by atoms with van der Waals surface area (Å²) in [6.45, 7) is 9.01. The molecule has 3 N–H and O–H groups in total. The van der Waals surface area contributed by atoms with Crippen LogP contribution in [0.15, 0.2) is 33.9 Å². The fourth-order valence-electron chi connectivity index (χ4n) is 3.33. The number of nitrogens with one attached hydrogen (secondary N) is 3. The number of sulfone groups is 1. The minimum absolute atomic E-state index is 0.00941. The second-order valence-electron chi connectivity index (χ2n) is 10.6. The highest BCUT2D eigenvalue weighted by molar-refractivity contribution is 7.90. The first-order valence-corrected chi connectivity index (χ1v) is 16.1. The Morgan fingerprint density at radius 3 is 1.89 bits per heavy atom. The summed E-state index contributed by atoms with van der Waals surface area (Å²) in [5.74, 6) is -0.522. The van der Waals surface area contributed by atoms with Crippen LogP contribution in [0.2, 0.25) is 0 Å². The molecule has 44 heavy (non-hydrogen) atoms. The average Bonchev–Trinajstić information content (AvgIpc) is 3.45. The van der Waals surface area contributed by atoms with Crippen LogP contribution in [0.5, 0.6) is 0 Å². The third kappa shape index (κ3) is 16.3. The minimum Gasteiger partial charge on any atom is -0.444 e. The molecule has 3 amide bonds. The number of hydrogen-bond donors (Lipinski definition) is 3. The SMILES string of the molecule is CC(C)(C)OC(=O)NCCCOCCOCCOCCCNC(=O)CCC(=O)Nc1ccc(-c2nnc(S(C)(=O)=O)o2)cc1. The lowest BCUT2D eigenvalue weighted by Crippen LogP contribution is -2.33. The topological polar surface area (TPSA) is 197 Å². The Morgan fingerprint density at radius 1 is 0.795 bits per heavy atom. The first-order valence-electron chi connectivity index (χ1n) is 14.2. The standard InChI is InChI=1S/C28H43N5O10S/c1-28(2,3)43-26(36)30-14-6-16-40-18-20-41-19-17-39-15-5-13-29-23(34)11-12-24(35)31-22-9-7-21(8-10-22)25-32-33-27(42-25)44(4,37)38/h7-10H,5-6,11-20H2,1-4H3,(H,29,34)(H,30,36)(H,31,35). The number of amides is 3. The summed E-state index contributed by atoms with van der Waals surface area (Å²) in [5, 5.41) is 14.9. The zero-order valence-corrected chi connectivity index (χ0v) is 26.5. The molecule has 1 heterocycles. The van der Waals surface area contributed by atoms with Crippen LogP contribution in [-0.4, -0.2) is 101 Å². The van der Waals surface area contributed by atoms with Crippen molar-refractivity contribution in [2.24, 2.45) is 0 Å². The van der Waals surface area contributed by atoms with Gasteiger partial charge in [0.05, 0.1) is 26.4 Å². The van der Waals surface area contributed by atoms with Crippen molar-refractivity contribution in [3.63, 3.8) is 0 Å². The normalized spacial score (nSPS) is 11.6. The van der Waals surface area contributed by atoms with Crippen molar-refractivity contribution < 1.29 is 46.2 Å². The van der Waals surface area contributed by atoms with E-state index >= 15 is 0 Å². The van der Waals surface area contributed by atoms with Gasteiger partial charge in [-0.15, -0.1) is 5.10 Å². The summed E-state index contributed by atoms with van der Waals surface area (Å²) in [6.07, 6.45) is 1.87. The molecule has 0 aliphatic heterocycles. The summed E-state index contributed by atoms with van der Waals surface area (Å²) in [5.41, 5.74) is 0.474. The summed E-state index contributed by atoms with van der Waals surface area (Å²) in [6, 6.07) is 6.41. The van der Waals surface area contributed by atoms with Gasteiger partial charge in [0.25, 0.3) is 0 Å². The predicted molar refractivity (Wildman–Crippen MR) is 160 cm³/mol. The van der Waals surface area contributed by atoms with Crippen LogP contribution in [0.25, 0.3) is 11.5 Å². The molecular formula is C28H43N5O10S. The number of anilines is 1. The molecule has 0 aliphatic rings. The van der Waals surface area contributed by atoms with Crippen LogP contribution in [0.3, 0.4) is 0 Å². The van der Waals surface area contributed by atoms with Crippen molar-refractivity contribution >= 4 is 33.4 Å². The first-order chi connectivity index (χ1) is 20.8. The lowest BCUT2D eigenvalue weighted by molar-refractivity contribution is -0.124. The van der Waals surface area contributed by atoms with Crippen LogP contribution in [0.4, 0.5) is 10.5 Å². The molecular weight excluding hydrogens is 598 g/mol. The van der Waals surface area contributed by atoms with Gasteiger partial charge in [-0.05, 0) is 57.9 Å². The maximum atomic E-state index is 12.2. The number of rotatable bonds is 20. The molecule has 2 rings (SSSR count). The molecule has 1 aromatic carbocycles. The van der Waals surface area contributed by atoms with Gasteiger partial charge in [0.2, 0.25) is 27.5 Å². The monoisotopic (exact) mass is 641 g/mol. The van der Waals surface area contributed by atoms with E-state index in [-0.39, 0.29) is 30.5 Å². The number of alkyl carbamates (subject to hydrolysis) is 1. The highest BCUT2D eigenvalue weighted by atomic mass is 32.2. The van der Waals surface area contributed by atoms with Gasteiger partial charge in [0.1, 0.15) is 5.60 Å². The Hall–Kier alpha value is -3.60. The molecule has 0 unspecified atom stereocenters. The van der Waals surface area contributed by atoms with Crippen molar-refractivity contribution in [1.29, 1.82) is 0 Å². The highest BCUT2D eigenvalue weighted by Crippen LogP contribution is 2.21. The Kier molecular flexibility index (Phi) is 15.7. The van der Waals surface area contributed by atoms with E-state index in [2.05, 4.69) is 26.1 Å². The summed E-state index contributed by atoms with van der Waals surface area (Å²) < 4.78 is 49.6. The van der Waals surface area contributed by atoms with Gasteiger partial charge in [0, 0.05) is 56.7 Å². The lowest BCUT2D eigenvalue weighted by Gasteiger charge is -2.19. The van der Waals surface area contributed by atoms with E-state index in [1.54, 1.807) is 24.3 Å². The first kappa shape index (κ1) is 36.6. The second-order valence-corrected chi connectivity index (χ2v) is 12.5. The Morgan fingerprint density at radius 2 is 1.34 bits per heavy atom. The smallest absolute Gasteiger partial charge is 0.407 e. The van der Waals surface area contributed by atoms with E-state index in [0.29, 0.717) is 76.8 Å². The van der Waals surface area contributed by atoms with E-state index in [9.17, 15) is 22.8 Å². The van der Waals surface area contributed by atoms with Gasteiger partial charge in [-0.25, -0.2) is 13.2 Å². The van der Waals surface area contributed by atoms with Gasteiger partial charge in [-0.3, -0.25) is 9.59 Å². The van der Waals surface area contributed by atoms with Crippen molar-refractivity contribution in [3.05, 3.63) is 24.3 Å². The van der Waals surface area contributed by atoms with Crippen LogP contribution in [0.1, 0.15) is 46.5 Å². The van der Waals surface area contributed by atoms with Gasteiger partial charge in [0.15, 0.2) is 0 Å². The van der Waals surface area contributed by atoms with E-state index in [4.69, 9.17) is 23.4 Å². The summed E-state index contributed by atoms with van der Waals surface area (Å²) in [7, 11) is -3.60. The maximum Gasteiger partial charge on any atom is 0.407 e. The number of aromatic nitrogens is 2. The molecule has 246 valence electrons. The number of carbonyl (C=O) groups excluding carboxylic acids is 3. The Balaban J connectivity index is 1.41. The molecule has 16 heteroatoms. The number of hydrogen-bond acceptors (Lipinski definition) is 12. The molecule has 0 spiro atoms. The quantitative estimate of drug-likeness (QED) is 0.179. The van der Waals surface area contributed by atoms with Gasteiger partial charge < -0.3 is 39.3 Å². The zero-order chi connectivity index (χ0) is 32.4. The molecule has 0 bridgehead atoms. The average molecular weight is 642 g/mol. The molecule has 0 radical (unpaired) electrons. The molecule has 0 atom stereocenters. The molecule has 15 nitrogen and oxygen atoms in total. The zero-order valence-electron chi connectivity index (χ0n) is 25.7. The van der Waals surface area contributed by atoms with Crippen molar-refractivity contribution in [3.8, 4) is 11.5 Å². The second kappa shape index (κ2) is 18.9. The third-order valence-corrected chi connectivity index (χ3v) is 6.18. The largest absolute Gasteiger partial charge is 0.444 e. The molecule has 1 aromatic heterocycles. The fourth-order valence-corrected chi connectivity index (χ4v) is 3.75. The Labute approximate surface area is 257 Å². The third-order valence-electron chi connectivity index (χ3n) is 5.38. The maximum absolute atomic E-state index is 12.2. The number of nitrogens with zero attached hydrogens (tertiary/aromatic N) is 2. The van der Waals surface area contributed by atoms with Crippen molar-refractivity contribution in [2.45, 2.75) is 57.3 Å². The minimum atomic E-state index is -3.60.